The third kappa shape index (κ3) is 2.15. The van der Waals surface area contributed by atoms with Crippen molar-refractivity contribution in [2.45, 2.75) is 33.2 Å². The Bertz CT molecular complexity index is 131. The maximum Gasteiger partial charge on any atom is 0.163 e. The average molecular weight is 159 g/mol. The van der Waals surface area contributed by atoms with Gasteiger partial charge in [-0.25, -0.2) is 0 Å². The Kier molecular flexibility index (Phi) is 2.52. The number of nitrogens with two attached hydrogens (primary N) is 1. The summed E-state index contributed by atoms with van der Waals surface area (Å²) < 4.78 is 10.9. The molecule has 2 unspecified atom stereocenters. The predicted octanol–water partition coefficient (Wildman–Crippen LogP) is 0.733. The van der Waals surface area contributed by atoms with Crippen LogP contribution < -0.4 is 5.73 Å². The van der Waals surface area contributed by atoms with Gasteiger partial charge in [0.15, 0.2) is 6.29 Å². The topological polar surface area (TPSA) is 44.5 Å². The smallest absolute Gasteiger partial charge is 0.163 e. The zero-order valence-electron chi connectivity index (χ0n) is 7.46. The molecule has 0 aliphatic carbocycles. The summed E-state index contributed by atoms with van der Waals surface area (Å²) >= 11 is 0. The molecule has 0 spiro atoms. The lowest BCUT2D eigenvalue weighted by Crippen LogP contribution is -2.29. The molecule has 1 fully saturated rings. The molecule has 0 aromatic rings. The number of hydrogen-bond donors (Lipinski definition) is 1. The van der Waals surface area contributed by atoms with E-state index in [9.17, 15) is 0 Å². The lowest BCUT2D eigenvalue weighted by Gasteiger charge is -2.25. The monoisotopic (exact) mass is 159 g/mol. The molecule has 0 saturated carbocycles. The summed E-state index contributed by atoms with van der Waals surface area (Å²) in [7, 11) is 0. The van der Waals surface area contributed by atoms with E-state index < -0.39 is 0 Å². The summed E-state index contributed by atoms with van der Waals surface area (Å²) in [6.07, 6.45) is 0.00951. The lowest BCUT2D eigenvalue weighted by molar-refractivity contribution is -0.123. The van der Waals surface area contributed by atoms with Crippen molar-refractivity contribution in [3.63, 3.8) is 0 Å². The molecule has 11 heavy (non-hydrogen) atoms. The second-order valence-electron chi connectivity index (χ2n) is 4.03. The van der Waals surface area contributed by atoms with Crippen LogP contribution in [0.5, 0.6) is 0 Å². The molecule has 66 valence electrons. The Morgan fingerprint density at radius 1 is 1.45 bits per heavy atom. The van der Waals surface area contributed by atoms with Gasteiger partial charge in [0.2, 0.25) is 0 Å². The van der Waals surface area contributed by atoms with E-state index in [1.165, 1.54) is 0 Å². The third-order valence-corrected chi connectivity index (χ3v) is 1.72. The summed E-state index contributed by atoms with van der Waals surface area (Å²) in [4.78, 5) is 0. The molecule has 1 heterocycles. The van der Waals surface area contributed by atoms with E-state index in [1.54, 1.807) is 0 Å². The Morgan fingerprint density at radius 2 is 2.09 bits per heavy atom. The minimum absolute atomic E-state index is 0.0594. The van der Waals surface area contributed by atoms with Crippen LogP contribution in [0.25, 0.3) is 0 Å². The van der Waals surface area contributed by atoms with Gasteiger partial charge in [-0.05, 0) is 0 Å². The minimum Gasteiger partial charge on any atom is -0.349 e. The van der Waals surface area contributed by atoms with Gasteiger partial charge >= 0.3 is 0 Å². The van der Waals surface area contributed by atoms with Crippen molar-refractivity contribution in [3.8, 4) is 0 Å². The molecule has 1 aliphatic heterocycles. The van der Waals surface area contributed by atoms with E-state index in [-0.39, 0.29) is 17.8 Å². The summed E-state index contributed by atoms with van der Waals surface area (Å²) in [6.45, 7) is 7.47. The van der Waals surface area contributed by atoms with Gasteiger partial charge in [0, 0.05) is 12.0 Å². The highest BCUT2D eigenvalue weighted by Gasteiger charge is 2.34. The van der Waals surface area contributed by atoms with Crippen LogP contribution in [0.15, 0.2) is 0 Å². The molecule has 3 heteroatoms. The fraction of sp³-hybridized carbons (Fsp3) is 1.00. The molecule has 0 bridgehead atoms. The first-order valence-electron chi connectivity index (χ1n) is 4.01. The van der Waals surface area contributed by atoms with Gasteiger partial charge in [0.05, 0.1) is 12.7 Å². The van der Waals surface area contributed by atoms with Gasteiger partial charge in [-0.15, -0.1) is 0 Å². The number of hydrogen-bond acceptors (Lipinski definition) is 3. The van der Waals surface area contributed by atoms with Crippen molar-refractivity contribution >= 4 is 0 Å². The Hall–Kier alpha value is -0.120. The molecule has 1 rings (SSSR count). The maximum absolute atomic E-state index is 5.53. The molecule has 3 nitrogen and oxygen atoms in total. The minimum atomic E-state index is -0.0870. The van der Waals surface area contributed by atoms with E-state index >= 15 is 0 Å². The maximum atomic E-state index is 5.53. The van der Waals surface area contributed by atoms with E-state index in [0.29, 0.717) is 13.2 Å². The highest BCUT2D eigenvalue weighted by atomic mass is 16.7. The van der Waals surface area contributed by atoms with E-state index in [4.69, 9.17) is 15.2 Å². The SMILES string of the molecule is CC(C)(C)C1OCC(CN)O1. The molecule has 1 saturated heterocycles. The highest BCUT2D eigenvalue weighted by Crippen LogP contribution is 2.28. The Morgan fingerprint density at radius 3 is 2.36 bits per heavy atom. The molecule has 2 atom stereocenters. The Labute approximate surface area is 67.9 Å². The van der Waals surface area contributed by atoms with Crippen LogP contribution in [0.1, 0.15) is 20.8 Å². The van der Waals surface area contributed by atoms with E-state index in [0.717, 1.165) is 0 Å². The summed E-state index contributed by atoms with van der Waals surface area (Å²) in [5.74, 6) is 0. The highest BCUT2D eigenvalue weighted by molar-refractivity contribution is 4.74. The normalized spacial score (nSPS) is 32.7. The quantitative estimate of drug-likeness (QED) is 0.613. The van der Waals surface area contributed by atoms with Gasteiger partial charge in [0.25, 0.3) is 0 Å². The number of ether oxygens (including phenoxy) is 2. The average Bonchev–Trinajstić information content (AvgIpc) is 2.32. The lowest BCUT2D eigenvalue weighted by atomic mass is 9.96. The van der Waals surface area contributed by atoms with Crippen molar-refractivity contribution in [2.75, 3.05) is 13.2 Å². The van der Waals surface area contributed by atoms with Crippen molar-refractivity contribution in [1.29, 1.82) is 0 Å². The summed E-state index contributed by atoms with van der Waals surface area (Å²) in [5.41, 5.74) is 5.49. The van der Waals surface area contributed by atoms with Crippen LogP contribution >= 0.6 is 0 Å². The predicted molar refractivity (Wildman–Crippen MR) is 43.1 cm³/mol. The largest absolute Gasteiger partial charge is 0.349 e. The first-order valence-corrected chi connectivity index (χ1v) is 4.01. The van der Waals surface area contributed by atoms with Crippen LogP contribution in [-0.2, 0) is 9.47 Å². The van der Waals surface area contributed by atoms with Crippen molar-refractivity contribution < 1.29 is 9.47 Å². The second-order valence-corrected chi connectivity index (χ2v) is 4.03. The fourth-order valence-electron chi connectivity index (χ4n) is 1.03. The summed E-state index contributed by atoms with van der Waals surface area (Å²) in [6, 6.07) is 0. The Balaban J connectivity index is 2.42. The van der Waals surface area contributed by atoms with Gasteiger partial charge in [0.1, 0.15) is 0 Å². The van der Waals surface area contributed by atoms with Gasteiger partial charge in [-0.1, -0.05) is 20.8 Å². The fourth-order valence-corrected chi connectivity index (χ4v) is 1.03. The molecular formula is C8H17NO2. The van der Waals surface area contributed by atoms with Crippen LogP contribution in [-0.4, -0.2) is 25.5 Å². The second kappa shape index (κ2) is 3.09. The first kappa shape index (κ1) is 8.97. The standard InChI is InChI=1S/C8H17NO2/c1-8(2,3)7-10-5-6(4-9)11-7/h6-7H,4-5,9H2,1-3H3. The zero-order chi connectivity index (χ0) is 8.48. The molecule has 0 amide bonds. The van der Waals surface area contributed by atoms with Gasteiger partial charge in [-0.3, -0.25) is 0 Å². The van der Waals surface area contributed by atoms with Crippen LogP contribution in [0, 0.1) is 5.41 Å². The zero-order valence-corrected chi connectivity index (χ0v) is 7.46. The number of rotatable bonds is 1. The van der Waals surface area contributed by atoms with Crippen molar-refractivity contribution in [2.24, 2.45) is 11.1 Å². The summed E-state index contributed by atoms with van der Waals surface area (Å²) in [5, 5.41) is 0. The van der Waals surface area contributed by atoms with Crippen LogP contribution in [0.2, 0.25) is 0 Å². The van der Waals surface area contributed by atoms with E-state index in [2.05, 4.69) is 20.8 Å². The van der Waals surface area contributed by atoms with Crippen LogP contribution in [0.3, 0.4) is 0 Å². The van der Waals surface area contributed by atoms with Gasteiger partial charge in [-0.2, -0.15) is 0 Å². The molecular weight excluding hydrogens is 142 g/mol. The molecule has 0 radical (unpaired) electrons. The molecule has 0 aromatic heterocycles. The van der Waals surface area contributed by atoms with Crippen molar-refractivity contribution in [3.05, 3.63) is 0 Å². The van der Waals surface area contributed by atoms with E-state index in [1.807, 2.05) is 0 Å². The van der Waals surface area contributed by atoms with Gasteiger partial charge < -0.3 is 15.2 Å². The van der Waals surface area contributed by atoms with Crippen molar-refractivity contribution in [1.82, 2.24) is 0 Å². The molecule has 1 aliphatic rings. The third-order valence-electron chi connectivity index (χ3n) is 1.72. The van der Waals surface area contributed by atoms with Crippen LogP contribution in [0.4, 0.5) is 0 Å². The molecule has 0 aromatic carbocycles. The molecule has 2 N–H and O–H groups in total. The first-order chi connectivity index (χ1) is 5.04.